The Balaban J connectivity index is 2.88. The lowest BCUT2D eigenvalue weighted by Gasteiger charge is -2.21. The third-order valence-corrected chi connectivity index (χ3v) is 7.47. The fourth-order valence-corrected chi connectivity index (χ4v) is 5.64. The summed E-state index contributed by atoms with van der Waals surface area (Å²) in [5.74, 6) is 0. The van der Waals surface area contributed by atoms with Gasteiger partial charge in [0.1, 0.15) is 4.21 Å². The molecule has 1 aromatic heterocycles. The van der Waals surface area contributed by atoms with Crippen molar-refractivity contribution in [2.75, 3.05) is 47.4 Å². The highest BCUT2D eigenvalue weighted by atomic mass is 79.9. The van der Waals surface area contributed by atoms with Gasteiger partial charge in [-0.25, -0.2) is 8.42 Å². The van der Waals surface area contributed by atoms with Gasteiger partial charge in [0.05, 0.1) is 10.4 Å². The lowest BCUT2D eigenvalue weighted by atomic mass is 10.4. The zero-order chi connectivity index (χ0) is 16.0. The first-order valence-electron chi connectivity index (χ1n) is 6.68. The van der Waals surface area contributed by atoms with Gasteiger partial charge in [0.25, 0.3) is 10.0 Å². The van der Waals surface area contributed by atoms with Crippen LogP contribution in [-0.4, -0.2) is 65.1 Å². The highest BCUT2D eigenvalue weighted by Crippen LogP contribution is 2.32. The molecular formula is C13H23BrN2O3S2. The third-order valence-electron chi connectivity index (χ3n) is 2.99. The van der Waals surface area contributed by atoms with E-state index in [9.17, 15) is 8.42 Å². The van der Waals surface area contributed by atoms with Gasteiger partial charge in [-0.2, -0.15) is 4.31 Å². The molecule has 0 aliphatic heterocycles. The topological polar surface area (TPSA) is 49.9 Å². The van der Waals surface area contributed by atoms with Gasteiger partial charge in [0.15, 0.2) is 0 Å². The molecular weight excluding hydrogens is 376 g/mol. The molecule has 5 nitrogen and oxygen atoms in total. The Morgan fingerprint density at radius 1 is 1.29 bits per heavy atom. The lowest BCUT2D eigenvalue weighted by Crippen LogP contribution is -2.35. The minimum Gasteiger partial charge on any atom is -0.383 e. The van der Waals surface area contributed by atoms with Crippen LogP contribution in [0.1, 0.15) is 12.0 Å². The molecule has 0 unspecified atom stereocenters. The molecule has 0 aromatic carbocycles. The van der Waals surface area contributed by atoms with Crippen molar-refractivity contribution in [2.45, 2.75) is 17.6 Å². The van der Waals surface area contributed by atoms with Gasteiger partial charge < -0.3 is 9.64 Å². The predicted octanol–water partition coefficient (Wildman–Crippen LogP) is 2.41. The molecule has 0 atom stereocenters. The molecule has 122 valence electrons. The number of nitrogens with zero attached hydrogens (tertiary/aromatic N) is 2. The molecule has 1 aromatic rings. The molecule has 0 fully saturated rings. The van der Waals surface area contributed by atoms with E-state index in [-0.39, 0.29) is 0 Å². The summed E-state index contributed by atoms with van der Waals surface area (Å²) in [5, 5.41) is 0. The van der Waals surface area contributed by atoms with Crippen molar-refractivity contribution in [3.63, 3.8) is 0 Å². The first-order valence-corrected chi connectivity index (χ1v) is 9.73. The molecule has 21 heavy (non-hydrogen) atoms. The highest BCUT2D eigenvalue weighted by molar-refractivity contribution is 9.11. The normalized spacial score (nSPS) is 12.5. The van der Waals surface area contributed by atoms with Crippen molar-refractivity contribution >= 4 is 37.3 Å². The van der Waals surface area contributed by atoms with Crippen LogP contribution >= 0.6 is 27.3 Å². The van der Waals surface area contributed by atoms with Crippen LogP contribution in [0.4, 0.5) is 0 Å². The SMILES string of the molecule is COCCN(CCCN(C)C)S(=O)(=O)c1cc(C)c(Br)s1. The second-order valence-electron chi connectivity index (χ2n) is 5.08. The number of rotatable bonds is 9. The van der Waals surface area contributed by atoms with E-state index in [4.69, 9.17) is 4.74 Å². The Morgan fingerprint density at radius 2 is 1.95 bits per heavy atom. The quantitative estimate of drug-likeness (QED) is 0.640. The van der Waals surface area contributed by atoms with E-state index in [1.165, 1.54) is 15.6 Å². The number of halogens is 1. The van der Waals surface area contributed by atoms with E-state index in [1.54, 1.807) is 13.2 Å². The zero-order valence-corrected chi connectivity index (χ0v) is 16.1. The van der Waals surface area contributed by atoms with Crippen LogP contribution in [0, 0.1) is 6.92 Å². The second-order valence-corrected chi connectivity index (χ2v) is 9.61. The predicted molar refractivity (Wildman–Crippen MR) is 90.6 cm³/mol. The van der Waals surface area contributed by atoms with E-state index >= 15 is 0 Å². The van der Waals surface area contributed by atoms with Crippen molar-refractivity contribution in [1.29, 1.82) is 0 Å². The van der Waals surface area contributed by atoms with Gasteiger partial charge >= 0.3 is 0 Å². The number of sulfonamides is 1. The molecule has 0 amide bonds. The zero-order valence-electron chi connectivity index (χ0n) is 12.9. The fraction of sp³-hybridized carbons (Fsp3) is 0.692. The number of aryl methyl sites for hydroxylation is 1. The molecule has 0 spiro atoms. The third kappa shape index (κ3) is 5.61. The van der Waals surface area contributed by atoms with Gasteiger partial charge in [-0.3, -0.25) is 0 Å². The van der Waals surface area contributed by atoms with Gasteiger partial charge in [-0.15, -0.1) is 11.3 Å². The number of hydrogen-bond acceptors (Lipinski definition) is 5. The summed E-state index contributed by atoms with van der Waals surface area (Å²) in [6.45, 7) is 4.02. The first kappa shape index (κ1) is 19.1. The average molecular weight is 399 g/mol. The number of methoxy groups -OCH3 is 1. The van der Waals surface area contributed by atoms with E-state index in [1.807, 2.05) is 25.9 Å². The van der Waals surface area contributed by atoms with Crippen LogP contribution < -0.4 is 0 Å². The highest BCUT2D eigenvalue weighted by Gasteiger charge is 2.26. The number of hydrogen-bond donors (Lipinski definition) is 0. The molecule has 1 rings (SSSR count). The number of thiophene rings is 1. The lowest BCUT2D eigenvalue weighted by molar-refractivity contribution is 0.177. The van der Waals surface area contributed by atoms with Crippen molar-refractivity contribution < 1.29 is 13.2 Å². The van der Waals surface area contributed by atoms with Crippen LogP contribution in [0.15, 0.2) is 14.1 Å². The first-order chi connectivity index (χ1) is 9.78. The minimum atomic E-state index is -3.45. The summed E-state index contributed by atoms with van der Waals surface area (Å²) in [7, 11) is 2.09. The monoisotopic (exact) mass is 398 g/mol. The summed E-state index contributed by atoms with van der Waals surface area (Å²) < 4.78 is 33.2. The molecule has 0 saturated heterocycles. The fourth-order valence-electron chi connectivity index (χ4n) is 1.79. The summed E-state index contributed by atoms with van der Waals surface area (Å²) >= 11 is 4.64. The van der Waals surface area contributed by atoms with Crippen LogP contribution in [0.5, 0.6) is 0 Å². The van der Waals surface area contributed by atoms with E-state index in [2.05, 4.69) is 15.9 Å². The Bertz CT molecular complexity index is 524. The van der Waals surface area contributed by atoms with E-state index in [0.29, 0.717) is 23.9 Å². The minimum absolute atomic E-state index is 0.376. The molecule has 1 heterocycles. The van der Waals surface area contributed by atoms with Crippen molar-refractivity contribution in [3.05, 3.63) is 15.4 Å². The van der Waals surface area contributed by atoms with Crippen LogP contribution in [0.3, 0.4) is 0 Å². The van der Waals surface area contributed by atoms with Gasteiger partial charge in [0, 0.05) is 20.2 Å². The van der Waals surface area contributed by atoms with Gasteiger partial charge in [-0.1, -0.05) is 0 Å². The molecule has 0 radical (unpaired) electrons. The van der Waals surface area contributed by atoms with E-state index in [0.717, 1.165) is 22.3 Å². The van der Waals surface area contributed by atoms with Crippen LogP contribution in [0.2, 0.25) is 0 Å². The average Bonchev–Trinajstić information content (AvgIpc) is 2.74. The molecule has 8 heteroatoms. The molecule has 0 aliphatic carbocycles. The Labute approximate surface area is 140 Å². The van der Waals surface area contributed by atoms with Crippen molar-refractivity contribution in [3.8, 4) is 0 Å². The van der Waals surface area contributed by atoms with E-state index < -0.39 is 10.0 Å². The van der Waals surface area contributed by atoms with Crippen molar-refractivity contribution in [1.82, 2.24) is 9.21 Å². The smallest absolute Gasteiger partial charge is 0.252 e. The summed E-state index contributed by atoms with van der Waals surface area (Å²) in [4.78, 5) is 2.05. The standard InChI is InChI=1S/C13H23BrN2O3S2/c1-11-10-12(20-13(11)14)21(17,18)16(8-9-19-4)7-5-6-15(2)3/h10H,5-9H2,1-4H3. The number of ether oxygens (including phenoxy) is 1. The van der Waals surface area contributed by atoms with Crippen LogP contribution in [-0.2, 0) is 14.8 Å². The maximum absolute atomic E-state index is 12.7. The Morgan fingerprint density at radius 3 is 2.43 bits per heavy atom. The van der Waals surface area contributed by atoms with Crippen LogP contribution in [0.25, 0.3) is 0 Å². The Kier molecular flexibility index (Phi) is 7.80. The largest absolute Gasteiger partial charge is 0.383 e. The molecule has 0 bridgehead atoms. The summed E-state index contributed by atoms with van der Waals surface area (Å²) in [6, 6.07) is 1.72. The maximum Gasteiger partial charge on any atom is 0.252 e. The molecule has 0 saturated carbocycles. The van der Waals surface area contributed by atoms with Gasteiger partial charge in [0.2, 0.25) is 0 Å². The van der Waals surface area contributed by atoms with Crippen molar-refractivity contribution in [2.24, 2.45) is 0 Å². The molecule has 0 N–H and O–H groups in total. The molecule has 0 aliphatic rings. The maximum atomic E-state index is 12.7. The summed E-state index contributed by atoms with van der Waals surface area (Å²) in [5.41, 5.74) is 0.943. The Hall–Kier alpha value is 0.01000. The second kappa shape index (κ2) is 8.59. The summed E-state index contributed by atoms with van der Waals surface area (Å²) in [6.07, 6.45) is 0.793. The van der Waals surface area contributed by atoms with Gasteiger partial charge in [-0.05, 0) is 61.5 Å².